The van der Waals surface area contributed by atoms with Crippen LogP contribution in [0.25, 0.3) is 44.5 Å². The van der Waals surface area contributed by atoms with Crippen LogP contribution in [-0.4, -0.2) is 5.78 Å². The standard InChI is InChI=1S/C62H52O4/c1-39-12-8-13-46(23-39)50-30-51(47-14-9-17-56(36-47)64-59-24-40(2)20-41(3)25-59)33-54(32-50)62(63)55-34-52(48-15-10-18-57(37-48)65-60-26-42(4)21-43(5)27-60)31-53(35-55)49-16-11-19-58(38-49)66-61-28-44(6)22-45(7)29-61/h8-38H,1-7H3. The first kappa shape index (κ1) is 43.3. The number of ether oxygens (including phenoxy) is 3. The van der Waals surface area contributed by atoms with Gasteiger partial charge < -0.3 is 14.2 Å². The number of benzene rings is 9. The van der Waals surface area contributed by atoms with E-state index >= 15 is 4.79 Å². The maximum Gasteiger partial charge on any atom is 0.193 e. The molecule has 4 heteroatoms. The predicted octanol–water partition coefficient (Wildman–Crippen LogP) is 17.1. The molecule has 0 aliphatic heterocycles. The Morgan fingerprint density at radius 3 is 0.848 bits per heavy atom. The Hall–Kier alpha value is -7.95. The van der Waals surface area contributed by atoms with E-state index in [9.17, 15) is 0 Å². The molecule has 0 saturated carbocycles. The van der Waals surface area contributed by atoms with Gasteiger partial charge in [0.2, 0.25) is 0 Å². The number of hydrogen-bond acceptors (Lipinski definition) is 4. The highest BCUT2D eigenvalue weighted by Crippen LogP contribution is 2.37. The topological polar surface area (TPSA) is 44.8 Å². The summed E-state index contributed by atoms with van der Waals surface area (Å²) >= 11 is 0. The normalized spacial score (nSPS) is 11.0. The maximum absolute atomic E-state index is 15.3. The molecule has 0 N–H and O–H groups in total. The highest BCUT2D eigenvalue weighted by molar-refractivity contribution is 6.11. The summed E-state index contributed by atoms with van der Waals surface area (Å²) in [5.41, 5.74) is 16.5. The number of aryl methyl sites for hydroxylation is 7. The Morgan fingerprint density at radius 2 is 0.545 bits per heavy atom. The molecule has 324 valence electrons. The van der Waals surface area contributed by atoms with Gasteiger partial charge in [-0.15, -0.1) is 0 Å². The molecule has 0 heterocycles. The van der Waals surface area contributed by atoms with Gasteiger partial charge in [-0.3, -0.25) is 4.79 Å². The second-order valence-electron chi connectivity index (χ2n) is 17.7. The van der Waals surface area contributed by atoms with Crippen LogP contribution < -0.4 is 14.2 Å². The first-order valence-electron chi connectivity index (χ1n) is 22.4. The van der Waals surface area contributed by atoms with Gasteiger partial charge in [-0.2, -0.15) is 0 Å². The van der Waals surface area contributed by atoms with Crippen molar-refractivity contribution in [3.63, 3.8) is 0 Å². The van der Waals surface area contributed by atoms with E-state index in [4.69, 9.17) is 14.2 Å². The molecule has 0 saturated heterocycles. The third-order valence-electron chi connectivity index (χ3n) is 11.5. The molecule has 66 heavy (non-hydrogen) atoms. The number of hydrogen-bond donors (Lipinski definition) is 0. The van der Waals surface area contributed by atoms with Crippen molar-refractivity contribution in [1.29, 1.82) is 0 Å². The first-order valence-corrected chi connectivity index (χ1v) is 22.4. The molecule has 0 amide bonds. The molecular formula is C62H52O4. The van der Waals surface area contributed by atoms with Crippen LogP contribution >= 0.6 is 0 Å². The molecule has 0 spiro atoms. The molecule has 0 aromatic heterocycles. The summed E-state index contributed by atoms with van der Waals surface area (Å²) in [6.07, 6.45) is 0. The number of carbonyl (C=O) groups excluding carboxylic acids is 1. The number of carbonyl (C=O) groups is 1. The summed E-state index contributed by atoms with van der Waals surface area (Å²) < 4.78 is 19.3. The van der Waals surface area contributed by atoms with Crippen molar-refractivity contribution < 1.29 is 19.0 Å². The van der Waals surface area contributed by atoms with Crippen molar-refractivity contribution >= 4 is 5.78 Å². The van der Waals surface area contributed by atoms with E-state index < -0.39 is 0 Å². The fraction of sp³-hybridized carbons (Fsp3) is 0.113. The Labute approximate surface area is 388 Å². The molecule has 0 aliphatic rings. The van der Waals surface area contributed by atoms with Gasteiger partial charge in [-0.05, 0) is 236 Å². The van der Waals surface area contributed by atoms with E-state index in [0.29, 0.717) is 22.6 Å². The van der Waals surface area contributed by atoms with E-state index in [1.165, 1.54) is 0 Å². The molecule has 0 atom stereocenters. The van der Waals surface area contributed by atoms with Crippen molar-refractivity contribution in [2.75, 3.05) is 0 Å². The lowest BCUT2D eigenvalue weighted by atomic mass is 9.90. The molecule has 9 rings (SSSR count). The van der Waals surface area contributed by atoms with Gasteiger partial charge in [0, 0.05) is 11.1 Å². The van der Waals surface area contributed by atoms with E-state index in [1.54, 1.807) is 0 Å². The van der Waals surface area contributed by atoms with Crippen LogP contribution in [0.5, 0.6) is 34.5 Å². The predicted molar refractivity (Wildman–Crippen MR) is 271 cm³/mol. The van der Waals surface area contributed by atoms with Crippen LogP contribution in [0.4, 0.5) is 0 Å². The monoisotopic (exact) mass is 860 g/mol. The van der Waals surface area contributed by atoms with Crippen LogP contribution in [0.1, 0.15) is 54.9 Å². The van der Waals surface area contributed by atoms with Gasteiger partial charge in [0.1, 0.15) is 34.5 Å². The molecule has 0 fully saturated rings. The molecule has 4 nitrogen and oxygen atoms in total. The molecular weight excluding hydrogens is 809 g/mol. The average molecular weight is 861 g/mol. The molecule has 0 aliphatic carbocycles. The first-order chi connectivity index (χ1) is 31.8. The van der Waals surface area contributed by atoms with Gasteiger partial charge >= 0.3 is 0 Å². The van der Waals surface area contributed by atoms with Crippen LogP contribution in [0.3, 0.4) is 0 Å². The highest BCUT2D eigenvalue weighted by Gasteiger charge is 2.18. The summed E-state index contributed by atoms with van der Waals surface area (Å²) in [7, 11) is 0. The van der Waals surface area contributed by atoms with E-state index in [1.807, 2.05) is 115 Å². The molecule has 0 unspecified atom stereocenters. The van der Waals surface area contributed by atoms with Crippen molar-refractivity contribution in [1.82, 2.24) is 0 Å². The number of rotatable bonds is 12. The molecule has 0 radical (unpaired) electrons. The third kappa shape index (κ3) is 10.4. The van der Waals surface area contributed by atoms with E-state index in [-0.39, 0.29) is 5.78 Å². The minimum atomic E-state index is -0.0956. The SMILES string of the molecule is Cc1cc(C)cc(Oc2cccc(-c3cc(C(=O)c4cc(-c5cccc(Oc6cc(C)cc(C)c6)c5)cc(-c5cccc(Oc6cc(C)cc(C)c6)c5)c4)cc(-c4cccc(C)c4)c3)c2)c1. The lowest BCUT2D eigenvalue weighted by Gasteiger charge is -2.15. The largest absolute Gasteiger partial charge is 0.457 e. The Kier molecular flexibility index (Phi) is 12.2. The lowest BCUT2D eigenvalue weighted by Crippen LogP contribution is -2.03. The Morgan fingerprint density at radius 1 is 0.258 bits per heavy atom. The highest BCUT2D eigenvalue weighted by atomic mass is 16.5. The fourth-order valence-electron chi connectivity index (χ4n) is 8.78. The lowest BCUT2D eigenvalue weighted by molar-refractivity contribution is 0.103. The van der Waals surface area contributed by atoms with Crippen molar-refractivity contribution in [2.24, 2.45) is 0 Å². The van der Waals surface area contributed by atoms with Gasteiger partial charge in [0.15, 0.2) is 5.78 Å². The maximum atomic E-state index is 15.3. The zero-order chi connectivity index (χ0) is 45.9. The zero-order valence-electron chi connectivity index (χ0n) is 38.5. The second-order valence-corrected chi connectivity index (χ2v) is 17.7. The minimum absolute atomic E-state index is 0.0956. The minimum Gasteiger partial charge on any atom is -0.457 e. The van der Waals surface area contributed by atoms with Crippen LogP contribution in [0.15, 0.2) is 188 Å². The Bertz CT molecular complexity index is 3110. The smallest absolute Gasteiger partial charge is 0.193 e. The van der Waals surface area contributed by atoms with Crippen molar-refractivity contribution in [3.8, 4) is 79.0 Å². The summed E-state index contributed by atoms with van der Waals surface area (Å²) in [6.45, 7) is 14.5. The number of ketones is 1. The summed E-state index contributed by atoms with van der Waals surface area (Å²) in [5.74, 6) is 4.38. The summed E-state index contributed by atoms with van der Waals surface area (Å²) in [5, 5.41) is 0. The molecule has 9 aromatic rings. The summed E-state index contributed by atoms with van der Waals surface area (Å²) in [4.78, 5) is 15.3. The van der Waals surface area contributed by atoms with Gasteiger partial charge in [0.25, 0.3) is 0 Å². The van der Waals surface area contributed by atoms with Crippen LogP contribution in [-0.2, 0) is 0 Å². The van der Waals surface area contributed by atoms with Crippen LogP contribution in [0, 0.1) is 48.5 Å². The Balaban J connectivity index is 1.15. The fourth-order valence-corrected chi connectivity index (χ4v) is 8.78. The van der Waals surface area contributed by atoms with Gasteiger partial charge in [-0.25, -0.2) is 0 Å². The quantitative estimate of drug-likeness (QED) is 0.115. The van der Waals surface area contributed by atoms with E-state index in [0.717, 1.165) is 106 Å². The van der Waals surface area contributed by atoms with Crippen molar-refractivity contribution in [2.45, 2.75) is 48.5 Å². The van der Waals surface area contributed by atoms with Crippen LogP contribution in [0.2, 0.25) is 0 Å². The second kappa shape index (κ2) is 18.6. The van der Waals surface area contributed by atoms with Gasteiger partial charge in [-0.1, -0.05) is 84.4 Å². The third-order valence-corrected chi connectivity index (χ3v) is 11.5. The van der Waals surface area contributed by atoms with Crippen molar-refractivity contribution in [3.05, 3.63) is 238 Å². The zero-order valence-corrected chi connectivity index (χ0v) is 38.5. The molecule has 0 bridgehead atoms. The summed E-state index contributed by atoms with van der Waals surface area (Å²) in [6, 6.07) is 63.5. The average Bonchev–Trinajstić information content (AvgIpc) is 3.28. The van der Waals surface area contributed by atoms with E-state index in [2.05, 4.69) is 121 Å². The molecule has 9 aromatic carbocycles. The van der Waals surface area contributed by atoms with Gasteiger partial charge in [0.05, 0.1) is 0 Å².